The highest BCUT2D eigenvalue weighted by atomic mass is 16.2. The number of imide groups is 1. The van der Waals surface area contributed by atoms with Crippen molar-refractivity contribution in [2.24, 2.45) is 5.92 Å². The van der Waals surface area contributed by atoms with Crippen LogP contribution in [0.15, 0.2) is 0 Å². The molecular weight excluding hydrogens is 206 g/mol. The summed E-state index contributed by atoms with van der Waals surface area (Å²) in [4.78, 5) is 24.9. The number of nitrogens with one attached hydrogen (secondary N) is 2. The first-order valence-electron chi connectivity index (χ1n) is 5.85. The molecule has 0 bridgehead atoms. The molecule has 5 heteroatoms. The molecule has 90 valence electrons. The van der Waals surface area contributed by atoms with Crippen LogP contribution in [-0.4, -0.2) is 42.0 Å². The van der Waals surface area contributed by atoms with Gasteiger partial charge in [0.15, 0.2) is 0 Å². The molecule has 0 aromatic carbocycles. The first kappa shape index (κ1) is 11.4. The number of hydrogen-bond donors (Lipinski definition) is 2. The Labute approximate surface area is 95.6 Å². The van der Waals surface area contributed by atoms with Crippen LogP contribution in [0.3, 0.4) is 0 Å². The zero-order valence-corrected chi connectivity index (χ0v) is 9.88. The van der Waals surface area contributed by atoms with Crippen LogP contribution >= 0.6 is 0 Å². The maximum absolute atomic E-state index is 11.9. The van der Waals surface area contributed by atoms with E-state index in [-0.39, 0.29) is 11.9 Å². The number of piperidine rings is 1. The Kier molecular flexibility index (Phi) is 2.88. The summed E-state index contributed by atoms with van der Waals surface area (Å²) < 4.78 is 0. The van der Waals surface area contributed by atoms with Gasteiger partial charge in [-0.05, 0) is 45.7 Å². The number of nitrogens with zero attached hydrogens (tertiary/aromatic N) is 1. The molecule has 0 saturated carbocycles. The monoisotopic (exact) mass is 225 g/mol. The Morgan fingerprint density at radius 3 is 2.69 bits per heavy atom. The normalized spacial score (nSPS) is 29.4. The summed E-state index contributed by atoms with van der Waals surface area (Å²) in [5.41, 5.74) is -0.737. The van der Waals surface area contributed by atoms with E-state index >= 15 is 0 Å². The molecule has 2 fully saturated rings. The summed E-state index contributed by atoms with van der Waals surface area (Å²) in [5, 5.41) is 5.99. The first-order valence-corrected chi connectivity index (χ1v) is 5.85. The van der Waals surface area contributed by atoms with Gasteiger partial charge in [0.25, 0.3) is 5.91 Å². The lowest BCUT2D eigenvalue weighted by Crippen LogP contribution is -2.43. The van der Waals surface area contributed by atoms with Crippen LogP contribution in [0.5, 0.6) is 0 Å². The summed E-state index contributed by atoms with van der Waals surface area (Å²) >= 11 is 0. The van der Waals surface area contributed by atoms with Crippen molar-refractivity contribution in [3.05, 3.63) is 0 Å². The van der Waals surface area contributed by atoms with Gasteiger partial charge in [-0.3, -0.25) is 9.69 Å². The predicted molar refractivity (Wildman–Crippen MR) is 59.9 cm³/mol. The van der Waals surface area contributed by atoms with E-state index in [2.05, 4.69) is 10.6 Å². The van der Waals surface area contributed by atoms with E-state index in [0.29, 0.717) is 12.5 Å². The van der Waals surface area contributed by atoms with Crippen LogP contribution in [0.1, 0.15) is 26.7 Å². The number of amides is 3. The minimum Gasteiger partial charge on any atom is -0.324 e. The first-order chi connectivity index (χ1) is 7.50. The number of hydrogen-bond acceptors (Lipinski definition) is 3. The van der Waals surface area contributed by atoms with Crippen LogP contribution < -0.4 is 10.6 Å². The Morgan fingerprint density at radius 1 is 1.44 bits per heavy atom. The van der Waals surface area contributed by atoms with Crippen LogP contribution in [0, 0.1) is 5.92 Å². The quantitative estimate of drug-likeness (QED) is 0.665. The van der Waals surface area contributed by atoms with Gasteiger partial charge in [-0.25, -0.2) is 4.79 Å². The second kappa shape index (κ2) is 4.05. The molecule has 0 radical (unpaired) electrons. The second-order valence-corrected chi connectivity index (χ2v) is 5.18. The zero-order valence-electron chi connectivity index (χ0n) is 9.88. The molecule has 2 aliphatic rings. The summed E-state index contributed by atoms with van der Waals surface area (Å²) in [5.74, 6) is 0.292. The summed E-state index contributed by atoms with van der Waals surface area (Å²) in [6.07, 6.45) is 2.21. The molecule has 5 nitrogen and oxygen atoms in total. The minimum absolute atomic E-state index is 0.108. The predicted octanol–water partition coefficient (Wildman–Crippen LogP) is 0.316. The molecule has 0 spiro atoms. The maximum atomic E-state index is 11.9. The molecular formula is C11H19N3O2. The molecule has 0 aromatic rings. The largest absolute Gasteiger partial charge is 0.325 e. The molecule has 2 rings (SSSR count). The molecule has 2 aliphatic heterocycles. The third kappa shape index (κ3) is 2.04. The SMILES string of the molecule is CC1(C)NC(=O)N(CC2CCCNC2)C1=O. The van der Waals surface area contributed by atoms with Gasteiger partial charge < -0.3 is 10.6 Å². The highest BCUT2D eigenvalue weighted by Gasteiger charge is 2.44. The Bertz CT molecular complexity index is 308. The van der Waals surface area contributed by atoms with E-state index < -0.39 is 5.54 Å². The molecule has 1 atom stereocenters. The molecule has 0 aromatic heterocycles. The van der Waals surface area contributed by atoms with Crippen molar-refractivity contribution in [2.45, 2.75) is 32.2 Å². The standard InChI is InChI=1S/C11H19N3O2/c1-11(2)9(15)14(10(16)13-11)7-8-4-3-5-12-6-8/h8,12H,3-7H2,1-2H3,(H,13,16). The van der Waals surface area contributed by atoms with Crippen molar-refractivity contribution >= 4 is 11.9 Å². The van der Waals surface area contributed by atoms with Crippen molar-refractivity contribution in [2.75, 3.05) is 19.6 Å². The topological polar surface area (TPSA) is 61.4 Å². The van der Waals surface area contributed by atoms with Crippen molar-refractivity contribution in [1.82, 2.24) is 15.5 Å². The molecule has 16 heavy (non-hydrogen) atoms. The fourth-order valence-electron chi connectivity index (χ4n) is 2.32. The van der Waals surface area contributed by atoms with Crippen molar-refractivity contribution in [3.63, 3.8) is 0 Å². The highest BCUT2D eigenvalue weighted by Crippen LogP contribution is 2.20. The second-order valence-electron chi connectivity index (χ2n) is 5.18. The average molecular weight is 225 g/mol. The van der Waals surface area contributed by atoms with E-state index in [1.54, 1.807) is 13.8 Å². The van der Waals surface area contributed by atoms with Crippen LogP contribution in [0.4, 0.5) is 4.79 Å². The van der Waals surface area contributed by atoms with Crippen LogP contribution in [-0.2, 0) is 4.79 Å². The zero-order chi connectivity index (χ0) is 11.8. The lowest BCUT2D eigenvalue weighted by molar-refractivity contribution is -0.130. The van der Waals surface area contributed by atoms with Gasteiger partial charge in [-0.1, -0.05) is 0 Å². The van der Waals surface area contributed by atoms with Crippen molar-refractivity contribution in [3.8, 4) is 0 Å². The minimum atomic E-state index is -0.737. The van der Waals surface area contributed by atoms with Gasteiger partial charge in [0, 0.05) is 6.54 Å². The average Bonchev–Trinajstić information content (AvgIpc) is 2.42. The Hall–Kier alpha value is -1.10. The van der Waals surface area contributed by atoms with Gasteiger partial charge in [-0.15, -0.1) is 0 Å². The molecule has 2 heterocycles. The molecule has 1 unspecified atom stereocenters. The molecule has 3 amide bonds. The summed E-state index contributed by atoms with van der Waals surface area (Å²) in [6.45, 7) is 5.97. The number of carbonyl (C=O) groups excluding carboxylic acids is 2. The number of carbonyl (C=O) groups is 2. The van der Waals surface area contributed by atoms with E-state index in [1.807, 2.05) is 0 Å². The highest BCUT2D eigenvalue weighted by molar-refractivity contribution is 6.06. The summed E-state index contributed by atoms with van der Waals surface area (Å²) in [7, 11) is 0. The molecule has 2 N–H and O–H groups in total. The Morgan fingerprint density at radius 2 is 2.19 bits per heavy atom. The smallest absolute Gasteiger partial charge is 0.324 e. The van der Waals surface area contributed by atoms with Crippen LogP contribution in [0.25, 0.3) is 0 Å². The lowest BCUT2D eigenvalue weighted by Gasteiger charge is -2.26. The van der Waals surface area contributed by atoms with Gasteiger partial charge in [0.05, 0.1) is 0 Å². The van der Waals surface area contributed by atoms with Crippen LogP contribution in [0.2, 0.25) is 0 Å². The molecule has 2 saturated heterocycles. The molecule has 0 aliphatic carbocycles. The number of urea groups is 1. The van der Waals surface area contributed by atoms with E-state index in [9.17, 15) is 9.59 Å². The fraction of sp³-hybridized carbons (Fsp3) is 0.818. The Balaban J connectivity index is 1.99. The van der Waals surface area contributed by atoms with Crippen molar-refractivity contribution < 1.29 is 9.59 Å². The third-order valence-corrected chi connectivity index (χ3v) is 3.28. The fourth-order valence-corrected chi connectivity index (χ4v) is 2.32. The maximum Gasteiger partial charge on any atom is 0.325 e. The van der Waals surface area contributed by atoms with Gasteiger partial charge in [0.2, 0.25) is 0 Å². The van der Waals surface area contributed by atoms with E-state index in [4.69, 9.17) is 0 Å². The van der Waals surface area contributed by atoms with E-state index in [0.717, 1.165) is 25.9 Å². The third-order valence-electron chi connectivity index (χ3n) is 3.28. The summed E-state index contributed by atoms with van der Waals surface area (Å²) in [6, 6.07) is -0.249. The van der Waals surface area contributed by atoms with Gasteiger partial charge >= 0.3 is 6.03 Å². The van der Waals surface area contributed by atoms with E-state index in [1.165, 1.54) is 4.90 Å². The lowest BCUT2D eigenvalue weighted by atomic mass is 9.98. The van der Waals surface area contributed by atoms with Crippen molar-refractivity contribution in [1.29, 1.82) is 0 Å². The van der Waals surface area contributed by atoms with Gasteiger partial charge in [-0.2, -0.15) is 0 Å². The van der Waals surface area contributed by atoms with Gasteiger partial charge in [0.1, 0.15) is 5.54 Å². The number of rotatable bonds is 2.